The molecule has 0 aromatic heterocycles. The number of benzene rings is 2. The summed E-state index contributed by atoms with van der Waals surface area (Å²) in [7, 11) is 0. The van der Waals surface area contributed by atoms with Gasteiger partial charge in [-0.15, -0.1) is 0 Å². The lowest BCUT2D eigenvalue weighted by molar-refractivity contribution is -0.137. The van der Waals surface area contributed by atoms with Crippen LogP contribution in [0.3, 0.4) is 0 Å². The van der Waals surface area contributed by atoms with Crippen molar-refractivity contribution in [3.05, 3.63) is 83.9 Å². The minimum atomic E-state index is -0.440. The zero-order valence-electron chi connectivity index (χ0n) is 19.0. The molecule has 0 saturated heterocycles. The highest BCUT2D eigenvalue weighted by Gasteiger charge is 2.18. The van der Waals surface area contributed by atoms with Crippen molar-refractivity contribution in [2.45, 2.75) is 77.6 Å². The quantitative estimate of drug-likeness (QED) is 0.202. The fourth-order valence-electron chi connectivity index (χ4n) is 3.39. The van der Waals surface area contributed by atoms with Crippen molar-refractivity contribution in [1.82, 2.24) is 0 Å². The molecule has 3 nitrogen and oxygen atoms in total. The van der Waals surface area contributed by atoms with E-state index in [-0.39, 0.29) is 12.4 Å². The standard InChI is InChI=1S/C28H38O3/c1-2-3-4-5-6-7-8-9-16-21-28(31-23-26-19-14-11-15-20-26)27(29)24-30-22-25-17-12-10-13-18-25/h8-15,17-20,28H,2-7,16,21-24H2,1H3/t28-/m0/s1. The molecule has 0 unspecified atom stereocenters. The number of carbonyl (C=O) groups excluding carboxylic acids is 1. The third-order valence-corrected chi connectivity index (χ3v) is 5.25. The number of hydrogen-bond acceptors (Lipinski definition) is 3. The summed E-state index contributed by atoms with van der Waals surface area (Å²) >= 11 is 0. The molecule has 0 heterocycles. The summed E-state index contributed by atoms with van der Waals surface area (Å²) < 4.78 is 11.7. The van der Waals surface area contributed by atoms with E-state index in [1.807, 2.05) is 60.7 Å². The van der Waals surface area contributed by atoms with Gasteiger partial charge in [0.05, 0.1) is 13.2 Å². The van der Waals surface area contributed by atoms with E-state index in [1.165, 1.54) is 32.1 Å². The fraction of sp³-hybridized carbons (Fsp3) is 0.464. The minimum absolute atomic E-state index is 0.0137. The average molecular weight is 423 g/mol. The normalized spacial score (nSPS) is 12.3. The maximum absolute atomic E-state index is 12.7. The van der Waals surface area contributed by atoms with Crippen LogP contribution in [-0.2, 0) is 27.5 Å². The van der Waals surface area contributed by atoms with Crippen molar-refractivity contribution >= 4 is 5.78 Å². The van der Waals surface area contributed by atoms with Crippen LogP contribution in [0.1, 0.15) is 69.4 Å². The number of allylic oxidation sites excluding steroid dienone is 2. The summed E-state index contributed by atoms with van der Waals surface area (Å²) in [5.41, 5.74) is 2.15. The van der Waals surface area contributed by atoms with Gasteiger partial charge < -0.3 is 9.47 Å². The first kappa shape index (κ1) is 25.0. The van der Waals surface area contributed by atoms with E-state index in [0.29, 0.717) is 19.6 Å². The summed E-state index contributed by atoms with van der Waals surface area (Å²) in [4.78, 5) is 12.7. The van der Waals surface area contributed by atoms with Crippen LogP contribution < -0.4 is 0 Å². The molecule has 0 N–H and O–H groups in total. The van der Waals surface area contributed by atoms with Gasteiger partial charge in [0.2, 0.25) is 0 Å². The second-order valence-corrected chi connectivity index (χ2v) is 7.98. The molecular formula is C28H38O3. The van der Waals surface area contributed by atoms with E-state index < -0.39 is 6.10 Å². The lowest BCUT2D eigenvalue weighted by Gasteiger charge is -2.16. The smallest absolute Gasteiger partial charge is 0.187 e. The highest BCUT2D eigenvalue weighted by Crippen LogP contribution is 2.12. The minimum Gasteiger partial charge on any atom is -0.369 e. The molecule has 2 aromatic carbocycles. The SMILES string of the molecule is CCCCCCCC=CCC[C@H](OCc1ccccc1)C(=O)COCc1ccccc1. The Kier molecular flexibility index (Phi) is 13.3. The third-order valence-electron chi connectivity index (χ3n) is 5.25. The fourth-order valence-corrected chi connectivity index (χ4v) is 3.39. The summed E-state index contributed by atoms with van der Waals surface area (Å²) in [6.45, 7) is 3.20. The maximum atomic E-state index is 12.7. The second-order valence-electron chi connectivity index (χ2n) is 7.98. The van der Waals surface area contributed by atoms with Gasteiger partial charge in [-0.25, -0.2) is 0 Å². The van der Waals surface area contributed by atoms with Crippen LogP contribution in [0.5, 0.6) is 0 Å². The van der Waals surface area contributed by atoms with Crippen LogP contribution in [0.2, 0.25) is 0 Å². The molecule has 0 bridgehead atoms. The van der Waals surface area contributed by atoms with Crippen LogP contribution in [0.15, 0.2) is 72.8 Å². The van der Waals surface area contributed by atoms with Crippen molar-refractivity contribution in [2.24, 2.45) is 0 Å². The number of Topliss-reactive ketones (excluding diaryl/α,β-unsaturated/α-hetero) is 1. The van der Waals surface area contributed by atoms with Gasteiger partial charge in [0.25, 0.3) is 0 Å². The average Bonchev–Trinajstić information content (AvgIpc) is 2.81. The second kappa shape index (κ2) is 16.5. The van der Waals surface area contributed by atoms with Gasteiger partial charge in [-0.1, -0.05) is 105 Å². The topological polar surface area (TPSA) is 35.5 Å². The predicted octanol–water partition coefficient (Wildman–Crippen LogP) is 7.05. The first-order valence-electron chi connectivity index (χ1n) is 11.7. The maximum Gasteiger partial charge on any atom is 0.187 e. The number of unbranched alkanes of at least 4 members (excludes halogenated alkanes) is 5. The Balaban J connectivity index is 1.75. The van der Waals surface area contributed by atoms with Gasteiger partial charge >= 0.3 is 0 Å². The Morgan fingerprint density at radius 1 is 0.806 bits per heavy atom. The van der Waals surface area contributed by atoms with E-state index in [2.05, 4.69) is 19.1 Å². The molecule has 0 aliphatic heterocycles. The number of hydrogen-bond donors (Lipinski definition) is 0. The van der Waals surface area contributed by atoms with E-state index in [4.69, 9.17) is 9.47 Å². The van der Waals surface area contributed by atoms with E-state index >= 15 is 0 Å². The Morgan fingerprint density at radius 3 is 2.10 bits per heavy atom. The molecule has 0 amide bonds. The molecule has 0 aliphatic rings. The summed E-state index contributed by atoms with van der Waals surface area (Å²) in [5.74, 6) is 0.0137. The first-order chi connectivity index (χ1) is 15.3. The van der Waals surface area contributed by atoms with Crippen LogP contribution in [0.4, 0.5) is 0 Å². The zero-order chi connectivity index (χ0) is 22.0. The number of ether oxygens (including phenoxy) is 2. The number of carbonyl (C=O) groups is 1. The molecule has 3 heteroatoms. The highest BCUT2D eigenvalue weighted by molar-refractivity contribution is 5.84. The van der Waals surface area contributed by atoms with E-state index in [1.54, 1.807) is 0 Å². The van der Waals surface area contributed by atoms with Crippen molar-refractivity contribution in [3.63, 3.8) is 0 Å². The number of ketones is 1. The molecule has 0 spiro atoms. The Hall–Kier alpha value is -2.23. The lowest BCUT2D eigenvalue weighted by atomic mass is 10.1. The van der Waals surface area contributed by atoms with Gasteiger partial charge in [-0.2, -0.15) is 0 Å². The molecule has 2 rings (SSSR count). The van der Waals surface area contributed by atoms with Gasteiger partial charge in [0.1, 0.15) is 12.7 Å². The zero-order valence-corrected chi connectivity index (χ0v) is 19.0. The highest BCUT2D eigenvalue weighted by atomic mass is 16.5. The van der Waals surface area contributed by atoms with Crippen molar-refractivity contribution in [1.29, 1.82) is 0 Å². The molecule has 0 radical (unpaired) electrons. The van der Waals surface area contributed by atoms with Crippen molar-refractivity contribution in [2.75, 3.05) is 6.61 Å². The van der Waals surface area contributed by atoms with Gasteiger partial charge in [0.15, 0.2) is 5.78 Å². The first-order valence-corrected chi connectivity index (χ1v) is 11.7. The predicted molar refractivity (Wildman–Crippen MR) is 128 cm³/mol. The Labute approximate surface area is 188 Å². The Bertz CT molecular complexity index is 724. The molecule has 2 aromatic rings. The van der Waals surface area contributed by atoms with E-state index in [0.717, 1.165) is 24.0 Å². The lowest BCUT2D eigenvalue weighted by Crippen LogP contribution is -2.28. The van der Waals surface area contributed by atoms with Crippen molar-refractivity contribution < 1.29 is 14.3 Å². The van der Waals surface area contributed by atoms with Crippen LogP contribution >= 0.6 is 0 Å². The number of rotatable bonds is 17. The van der Waals surface area contributed by atoms with Crippen LogP contribution in [0, 0.1) is 0 Å². The van der Waals surface area contributed by atoms with Gasteiger partial charge in [0, 0.05) is 0 Å². The van der Waals surface area contributed by atoms with E-state index in [9.17, 15) is 4.79 Å². The molecule has 0 aliphatic carbocycles. The molecule has 0 saturated carbocycles. The van der Waals surface area contributed by atoms with Crippen molar-refractivity contribution in [3.8, 4) is 0 Å². The molecule has 0 fully saturated rings. The summed E-state index contributed by atoms with van der Waals surface area (Å²) in [6.07, 6.45) is 13.1. The largest absolute Gasteiger partial charge is 0.369 e. The van der Waals surface area contributed by atoms with Gasteiger partial charge in [-0.3, -0.25) is 4.79 Å². The van der Waals surface area contributed by atoms with Crippen LogP contribution in [-0.4, -0.2) is 18.5 Å². The third kappa shape index (κ3) is 11.7. The van der Waals surface area contributed by atoms with Gasteiger partial charge in [-0.05, 0) is 36.8 Å². The molecule has 1 atom stereocenters. The monoisotopic (exact) mass is 422 g/mol. The molecular weight excluding hydrogens is 384 g/mol. The molecule has 31 heavy (non-hydrogen) atoms. The van der Waals surface area contributed by atoms with Crippen LogP contribution in [0.25, 0.3) is 0 Å². The Morgan fingerprint density at radius 2 is 1.42 bits per heavy atom. The molecule has 168 valence electrons. The summed E-state index contributed by atoms with van der Waals surface area (Å²) in [6, 6.07) is 19.9. The summed E-state index contributed by atoms with van der Waals surface area (Å²) in [5, 5.41) is 0.